The molecule has 0 bridgehead atoms. The van der Waals surface area contributed by atoms with Gasteiger partial charge in [-0.2, -0.15) is 0 Å². The minimum absolute atomic E-state index is 0.00428. The van der Waals surface area contributed by atoms with Crippen molar-refractivity contribution in [3.8, 4) is 0 Å². The molecular formula is C15H29N3O3. The van der Waals surface area contributed by atoms with E-state index < -0.39 is 17.7 Å². The third-order valence-corrected chi connectivity index (χ3v) is 3.35. The highest BCUT2D eigenvalue weighted by Gasteiger charge is 2.28. The molecule has 0 aromatic heterocycles. The molecule has 6 nitrogen and oxygen atoms in total. The number of hydrogen-bond donors (Lipinski definition) is 2. The number of carbonyl (C=O) groups is 2. The number of ether oxygens (including phenoxy) is 1. The lowest BCUT2D eigenvalue weighted by Gasteiger charge is -2.26. The number of amides is 2. The number of carbonyl (C=O) groups excluding carboxylic acids is 2. The lowest BCUT2D eigenvalue weighted by atomic mass is 10.1. The molecule has 122 valence electrons. The predicted octanol–water partition coefficient (Wildman–Crippen LogP) is 1.63. The zero-order valence-corrected chi connectivity index (χ0v) is 13.5. The van der Waals surface area contributed by atoms with Gasteiger partial charge in [0, 0.05) is 13.1 Å². The van der Waals surface area contributed by atoms with Gasteiger partial charge in [-0.1, -0.05) is 0 Å². The van der Waals surface area contributed by atoms with Crippen LogP contribution in [0, 0.1) is 0 Å². The van der Waals surface area contributed by atoms with E-state index in [2.05, 4.69) is 5.32 Å². The van der Waals surface area contributed by atoms with Gasteiger partial charge < -0.3 is 20.7 Å². The third kappa shape index (κ3) is 6.80. The van der Waals surface area contributed by atoms with E-state index in [-0.39, 0.29) is 5.91 Å². The SMILES string of the molecule is CC(C)(C)OC(=O)N[C@@H](CCCCN)C(=O)N1CCCC1. The van der Waals surface area contributed by atoms with E-state index in [1.54, 1.807) is 20.8 Å². The van der Waals surface area contributed by atoms with Gasteiger partial charge in [-0.05, 0) is 59.4 Å². The van der Waals surface area contributed by atoms with Crippen molar-refractivity contribution in [1.82, 2.24) is 10.2 Å². The molecule has 2 amide bonds. The normalized spacial score (nSPS) is 16.7. The molecule has 0 aromatic carbocycles. The fraction of sp³-hybridized carbons (Fsp3) is 0.867. The van der Waals surface area contributed by atoms with Gasteiger partial charge in [0.1, 0.15) is 11.6 Å². The number of rotatable bonds is 6. The summed E-state index contributed by atoms with van der Waals surface area (Å²) in [4.78, 5) is 26.2. The zero-order valence-electron chi connectivity index (χ0n) is 13.5. The molecule has 1 fully saturated rings. The van der Waals surface area contributed by atoms with E-state index in [4.69, 9.17) is 10.5 Å². The van der Waals surface area contributed by atoms with Crippen LogP contribution in [-0.2, 0) is 9.53 Å². The Labute approximate surface area is 127 Å². The summed E-state index contributed by atoms with van der Waals surface area (Å²) >= 11 is 0. The van der Waals surface area contributed by atoms with Crippen LogP contribution in [0.5, 0.6) is 0 Å². The Morgan fingerprint density at radius 2 is 1.86 bits per heavy atom. The van der Waals surface area contributed by atoms with Gasteiger partial charge in [-0.15, -0.1) is 0 Å². The van der Waals surface area contributed by atoms with Crippen molar-refractivity contribution in [2.45, 2.75) is 64.5 Å². The first-order valence-corrected chi connectivity index (χ1v) is 7.82. The van der Waals surface area contributed by atoms with Gasteiger partial charge in [0.25, 0.3) is 0 Å². The second kappa shape index (κ2) is 8.22. The van der Waals surface area contributed by atoms with E-state index in [1.165, 1.54) is 0 Å². The molecule has 0 aromatic rings. The lowest BCUT2D eigenvalue weighted by molar-refractivity contribution is -0.132. The van der Waals surface area contributed by atoms with Crippen LogP contribution in [0.2, 0.25) is 0 Å². The molecule has 0 aliphatic carbocycles. The van der Waals surface area contributed by atoms with Crippen LogP contribution >= 0.6 is 0 Å². The summed E-state index contributed by atoms with van der Waals surface area (Å²) in [7, 11) is 0. The molecule has 0 radical (unpaired) electrons. The highest BCUT2D eigenvalue weighted by atomic mass is 16.6. The Morgan fingerprint density at radius 3 is 2.38 bits per heavy atom. The van der Waals surface area contributed by atoms with Gasteiger partial charge in [0.05, 0.1) is 0 Å². The van der Waals surface area contributed by atoms with Crippen LogP contribution in [0.15, 0.2) is 0 Å². The number of alkyl carbamates (subject to hydrolysis) is 1. The van der Waals surface area contributed by atoms with Crippen molar-refractivity contribution in [3.63, 3.8) is 0 Å². The van der Waals surface area contributed by atoms with E-state index in [0.717, 1.165) is 38.8 Å². The van der Waals surface area contributed by atoms with Gasteiger partial charge in [-0.3, -0.25) is 4.79 Å². The molecule has 0 saturated carbocycles. The second-order valence-electron chi connectivity index (χ2n) is 6.52. The standard InChI is InChI=1S/C15H29N3O3/c1-15(2,3)21-14(20)17-12(8-4-5-9-16)13(19)18-10-6-7-11-18/h12H,4-11,16H2,1-3H3,(H,17,20)/t12-/m0/s1. The molecule has 1 atom stereocenters. The fourth-order valence-corrected chi connectivity index (χ4v) is 2.36. The summed E-state index contributed by atoms with van der Waals surface area (Å²) < 4.78 is 5.24. The average molecular weight is 299 g/mol. The maximum Gasteiger partial charge on any atom is 0.408 e. The molecule has 1 saturated heterocycles. The Hall–Kier alpha value is -1.30. The first-order chi connectivity index (χ1) is 9.83. The topological polar surface area (TPSA) is 84.7 Å². The number of hydrogen-bond acceptors (Lipinski definition) is 4. The fourth-order valence-electron chi connectivity index (χ4n) is 2.36. The zero-order chi connectivity index (χ0) is 15.9. The predicted molar refractivity (Wildman–Crippen MR) is 81.9 cm³/mol. The summed E-state index contributed by atoms with van der Waals surface area (Å²) in [6.45, 7) is 7.57. The van der Waals surface area contributed by atoms with Crippen molar-refractivity contribution in [1.29, 1.82) is 0 Å². The molecular weight excluding hydrogens is 270 g/mol. The maximum absolute atomic E-state index is 12.5. The second-order valence-corrected chi connectivity index (χ2v) is 6.52. The van der Waals surface area contributed by atoms with Crippen LogP contribution in [0.4, 0.5) is 4.79 Å². The number of nitrogens with zero attached hydrogens (tertiary/aromatic N) is 1. The number of unbranched alkanes of at least 4 members (excludes halogenated alkanes) is 1. The summed E-state index contributed by atoms with van der Waals surface area (Å²) in [5.74, 6) is -0.00428. The van der Waals surface area contributed by atoms with Crippen molar-refractivity contribution in [2.75, 3.05) is 19.6 Å². The molecule has 0 unspecified atom stereocenters. The van der Waals surface area contributed by atoms with Crippen molar-refractivity contribution in [3.05, 3.63) is 0 Å². The highest BCUT2D eigenvalue weighted by Crippen LogP contribution is 2.13. The van der Waals surface area contributed by atoms with Gasteiger partial charge in [0.2, 0.25) is 5.91 Å². The van der Waals surface area contributed by atoms with E-state index in [1.807, 2.05) is 4.90 Å². The number of nitrogens with two attached hydrogens (primary N) is 1. The first kappa shape index (κ1) is 17.8. The van der Waals surface area contributed by atoms with Crippen molar-refractivity contribution >= 4 is 12.0 Å². The molecule has 1 heterocycles. The quantitative estimate of drug-likeness (QED) is 0.730. The molecule has 0 spiro atoms. The van der Waals surface area contributed by atoms with Crippen LogP contribution in [0.25, 0.3) is 0 Å². The minimum Gasteiger partial charge on any atom is -0.444 e. The molecule has 3 N–H and O–H groups in total. The number of nitrogens with one attached hydrogen (secondary N) is 1. The average Bonchev–Trinajstić information content (AvgIpc) is 2.88. The molecule has 1 aliphatic heterocycles. The van der Waals surface area contributed by atoms with E-state index in [0.29, 0.717) is 13.0 Å². The smallest absolute Gasteiger partial charge is 0.408 e. The molecule has 21 heavy (non-hydrogen) atoms. The van der Waals surface area contributed by atoms with Gasteiger partial charge in [0.15, 0.2) is 0 Å². The summed E-state index contributed by atoms with van der Waals surface area (Å²) in [6.07, 6.45) is 3.80. The van der Waals surface area contributed by atoms with Gasteiger partial charge >= 0.3 is 6.09 Å². The van der Waals surface area contributed by atoms with Crippen LogP contribution in [-0.4, -0.2) is 48.2 Å². The Balaban J connectivity index is 2.58. The van der Waals surface area contributed by atoms with E-state index >= 15 is 0 Å². The summed E-state index contributed by atoms with van der Waals surface area (Å²) in [5, 5.41) is 2.72. The van der Waals surface area contributed by atoms with Crippen molar-refractivity contribution in [2.24, 2.45) is 5.73 Å². The molecule has 6 heteroatoms. The Morgan fingerprint density at radius 1 is 1.24 bits per heavy atom. The maximum atomic E-state index is 12.5. The monoisotopic (exact) mass is 299 g/mol. The lowest BCUT2D eigenvalue weighted by Crippen LogP contribution is -2.49. The summed E-state index contributed by atoms with van der Waals surface area (Å²) in [5.41, 5.74) is 4.92. The molecule has 1 rings (SSSR count). The van der Waals surface area contributed by atoms with Gasteiger partial charge in [-0.25, -0.2) is 4.79 Å². The van der Waals surface area contributed by atoms with Crippen LogP contribution in [0.1, 0.15) is 52.9 Å². The minimum atomic E-state index is -0.567. The third-order valence-electron chi connectivity index (χ3n) is 3.35. The van der Waals surface area contributed by atoms with Crippen LogP contribution in [0.3, 0.4) is 0 Å². The Bertz CT molecular complexity index is 347. The first-order valence-electron chi connectivity index (χ1n) is 7.82. The Kier molecular flexibility index (Phi) is 6.95. The largest absolute Gasteiger partial charge is 0.444 e. The number of likely N-dealkylation sites (tertiary alicyclic amines) is 1. The summed E-state index contributed by atoms with van der Waals surface area (Å²) in [6, 6.07) is -0.510. The molecule has 1 aliphatic rings. The highest BCUT2D eigenvalue weighted by molar-refractivity contribution is 5.85. The van der Waals surface area contributed by atoms with E-state index in [9.17, 15) is 9.59 Å². The van der Waals surface area contributed by atoms with Crippen molar-refractivity contribution < 1.29 is 14.3 Å². The van der Waals surface area contributed by atoms with Crippen LogP contribution < -0.4 is 11.1 Å².